The van der Waals surface area contributed by atoms with E-state index in [0.29, 0.717) is 25.2 Å². The smallest absolute Gasteiger partial charge is 0.333 e. The van der Waals surface area contributed by atoms with Crippen LogP contribution in [-0.4, -0.2) is 54.9 Å². The Bertz CT molecular complexity index is 866. The Balaban J connectivity index is 1.44. The summed E-state index contributed by atoms with van der Waals surface area (Å²) in [6.07, 6.45) is 2.41. The molecule has 2 aromatic rings. The van der Waals surface area contributed by atoms with Gasteiger partial charge < -0.3 is 14.6 Å². The van der Waals surface area contributed by atoms with Crippen LogP contribution in [0.2, 0.25) is 0 Å². The number of ether oxygens (including phenoxy) is 2. The van der Waals surface area contributed by atoms with E-state index in [1.807, 2.05) is 36.4 Å². The average molecular weight is 413 g/mol. The van der Waals surface area contributed by atoms with Crippen LogP contribution >= 0.6 is 0 Å². The first-order valence-corrected chi connectivity index (χ1v) is 10.3. The highest BCUT2D eigenvalue weighted by atomic mass is 19.1. The van der Waals surface area contributed by atoms with Gasteiger partial charge in [-0.25, -0.2) is 9.18 Å². The van der Waals surface area contributed by atoms with Gasteiger partial charge in [-0.3, -0.25) is 4.90 Å². The number of hydrogen-bond acceptors (Lipinski definition) is 4. The van der Waals surface area contributed by atoms with Gasteiger partial charge >= 0.3 is 5.97 Å². The van der Waals surface area contributed by atoms with Crippen LogP contribution in [0.3, 0.4) is 0 Å². The third kappa shape index (κ3) is 6.15. The fraction of sp³-hybridized carbons (Fsp3) is 0.375. The molecule has 1 unspecified atom stereocenters. The Labute approximate surface area is 176 Å². The predicted molar refractivity (Wildman–Crippen MR) is 114 cm³/mol. The van der Waals surface area contributed by atoms with Crippen LogP contribution in [-0.2, 0) is 16.0 Å². The average Bonchev–Trinajstić information content (AvgIpc) is 2.75. The molecule has 1 heterocycles. The first-order valence-electron chi connectivity index (χ1n) is 10.3. The largest absolute Gasteiger partial charge is 0.492 e. The van der Waals surface area contributed by atoms with E-state index in [1.54, 1.807) is 13.0 Å². The Morgan fingerprint density at radius 3 is 2.60 bits per heavy atom. The van der Waals surface area contributed by atoms with Gasteiger partial charge in [-0.15, -0.1) is 0 Å². The number of carboxylic acids is 1. The molecule has 0 aromatic heterocycles. The summed E-state index contributed by atoms with van der Waals surface area (Å²) in [5, 5.41) is 9.18. The highest BCUT2D eigenvalue weighted by Crippen LogP contribution is 2.24. The molecule has 6 heteroatoms. The Morgan fingerprint density at radius 1 is 1.20 bits per heavy atom. The number of halogens is 1. The van der Waals surface area contributed by atoms with Crippen LogP contribution in [0.5, 0.6) is 5.75 Å². The van der Waals surface area contributed by atoms with Gasteiger partial charge in [0.15, 0.2) is 6.10 Å². The van der Waals surface area contributed by atoms with Crippen molar-refractivity contribution < 1.29 is 23.8 Å². The molecule has 0 spiro atoms. The lowest BCUT2D eigenvalue weighted by Crippen LogP contribution is -2.32. The second-order valence-electron chi connectivity index (χ2n) is 7.24. The van der Waals surface area contributed by atoms with Gasteiger partial charge in [0.1, 0.15) is 18.2 Å². The van der Waals surface area contributed by atoms with Gasteiger partial charge in [-0.1, -0.05) is 36.4 Å². The molecule has 2 aromatic carbocycles. The first kappa shape index (κ1) is 22.0. The summed E-state index contributed by atoms with van der Waals surface area (Å²) in [7, 11) is 0. The van der Waals surface area contributed by atoms with Crippen LogP contribution in [0.4, 0.5) is 4.39 Å². The van der Waals surface area contributed by atoms with Crippen LogP contribution < -0.4 is 4.74 Å². The Kier molecular flexibility index (Phi) is 7.99. The van der Waals surface area contributed by atoms with Gasteiger partial charge in [0.25, 0.3) is 0 Å². The highest BCUT2D eigenvalue weighted by molar-refractivity contribution is 5.72. The number of rotatable bonds is 10. The zero-order valence-electron chi connectivity index (χ0n) is 17.2. The van der Waals surface area contributed by atoms with E-state index in [0.717, 1.165) is 42.9 Å². The predicted octanol–water partition coefficient (Wildman–Crippen LogP) is 4.03. The summed E-state index contributed by atoms with van der Waals surface area (Å²) in [5.41, 5.74) is 2.65. The fourth-order valence-corrected chi connectivity index (χ4v) is 3.53. The van der Waals surface area contributed by atoms with Crippen LogP contribution in [0.1, 0.15) is 24.5 Å². The molecule has 1 aliphatic heterocycles. The molecule has 0 radical (unpaired) electrons. The number of aliphatic carboxylic acids is 1. The van der Waals surface area contributed by atoms with Gasteiger partial charge in [0.05, 0.1) is 0 Å². The lowest BCUT2D eigenvalue weighted by Gasteiger charge is -2.26. The van der Waals surface area contributed by atoms with E-state index in [4.69, 9.17) is 9.47 Å². The van der Waals surface area contributed by atoms with Crippen molar-refractivity contribution in [3.63, 3.8) is 0 Å². The van der Waals surface area contributed by atoms with E-state index in [1.165, 1.54) is 6.07 Å². The van der Waals surface area contributed by atoms with Crippen molar-refractivity contribution in [3.05, 3.63) is 71.6 Å². The quantitative estimate of drug-likeness (QED) is 0.637. The van der Waals surface area contributed by atoms with Crippen molar-refractivity contribution in [2.45, 2.75) is 25.9 Å². The molecule has 30 heavy (non-hydrogen) atoms. The minimum atomic E-state index is -0.953. The van der Waals surface area contributed by atoms with Gasteiger partial charge in [0, 0.05) is 38.2 Å². The van der Waals surface area contributed by atoms with E-state index in [9.17, 15) is 14.3 Å². The topological polar surface area (TPSA) is 59.0 Å². The monoisotopic (exact) mass is 413 g/mol. The fourth-order valence-electron chi connectivity index (χ4n) is 3.53. The van der Waals surface area contributed by atoms with Gasteiger partial charge in [-0.2, -0.15) is 0 Å². The molecule has 1 atom stereocenters. The lowest BCUT2D eigenvalue weighted by atomic mass is 9.99. The van der Waals surface area contributed by atoms with Crippen molar-refractivity contribution in [1.29, 1.82) is 0 Å². The van der Waals surface area contributed by atoms with E-state index >= 15 is 0 Å². The van der Waals surface area contributed by atoms with Crippen LogP contribution in [0.25, 0.3) is 5.57 Å². The van der Waals surface area contributed by atoms with Crippen molar-refractivity contribution in [1.82, 2.24) is 4.90 Å². The second kappa shape index (κ2) is 10.9. The van der Waals surface area contributed by atoms with Crippen molar-refractivity contribution in [2.24, 2.45) is 0 Å². The van der Waals surface area contributed by atoms with Crippen LogP contribution in [0, 0.1) is 5.82 Å². The lowest BCUT2D eigenvalue weighted by molar-refractivity contribution is -0.149. The van der Waals surface area contributed by atoms with Crippen molar-refractivity contribution in [2.75, 3.05) is 32.8 Å². The Hall–Kier alpha value is -2.70. The minimum absolute atomic E-state index is 0.167. The zero-order chi connectivity index (χ0) is 21.3. The molecular formula is C24H28FNO4. The summed E-state index contributed by atoms with van der Waals surface area (Å²) in [6.45, 7) is 5.14. The maximum absolute atomic E-state index is 13.9. The van der Waals surface area contributed by atoms with Crippen molar-refractivity contribution >= 4 is 11.5 Å². The Morgan fingerprint density at radius 2 is 1.97 bits per heavy atom. The minimum Gasteiger partial charge on any atom is -0.492 e. The molecule has 1 aliphatic rings. The number of carbonyl (C=O) groups is 1. The van der Waals surface area contributed by atoms with Crippen molar-refractivity contribution in [3.8, 4) is 5.75 Å². The number of nitrogens with zero attached hydrogens (tertiary/aromatic N) is 1. The summed E-state index contributed by atoms with van der Waals surface area (Å²) >= 11 is 0. The summed E-state index contributed by atoms with van der Waals surface area (Å²) in [4.78, 5) is 13.5. The van der Waals surface area contributed by atoms with E-state index < -0.39 is 12.1 Å². The molecule has 0 saturated heterocycles. The molecule has 0 bridgehead atoms. The molecule has 0 fully saturated rings. The third-order valence-corrected chi connectivity index (χ3v) is 5.18. The molecule has 0 amide bonds. The van der Waals surface area contributed by atoms with Crippen LogP contribution in [0.15, 0.2) is 54.6 Å². The third-order valence-electron chi connectivity index (χ3n) is 5.18. The molecule has 0 aliphatic carbocycles. The zero-order valence-corrected chi connectivity index (χ0v) is 17.2. The summed E-state index contributed by atoms with van der Waals surface area (Å²) < 4.78 is 25.0. The SMILES string of the molecule is CCOC(Cc1ccc(OCCN2CC=C(c3ccccc3F)CC2)cc1)C(=O)O. The second-order valence-corrected chi connectivity index (χ2v) is 7.24. The maximum atomic E-state index is 13.9. The van der Waals surface area contributed by atoms with E-state index in [2.05, 4.69) is 11.0 Å². The molecule has 0 saturated carbocycles. The summed E-state index contributed by atoms with van der Waals surface area (Å²) in [6, 6.07) is 14.4. The van der Waals surface area contributed by atoms with E-state index in [-0.39, 0.29) is 5.82 Å². The highest BCUT2D eigenvalue weighted by Gasteiger charge is 2.18. The number of hydrogen-bond donors (Lipinski definition) is 1. The number of carboxylic acid groups (broad SMARTS) is 1. The molecule has 1 N–H and O–H groups in total. The van der Waals surface area contributed by atoms with Gasteiger partial charge in [0.2, 0.25) is 0 Å². The van der Waals surface area contributed by atoms with Gasteiger partial charge in [-0.05, 0) is 42.7 Å². The molecule has 5 nitrogen and oxygen atoms in total. The standard InChI is InChI=1S/C24H28FNO4/c1-2-29-23(24(27)28)17-18-7-9-20(10-8-18)30-16-15-26-13-11-19(12-14-26)21-5-3-4-6-22(21)25/h3-11,23H,2,12-17H2,1H3,(H,27,28). The number of benzene rings is 2. The summed E-state index contributed by atoms with van der Waals surface area (Å²) in [5.74, 6) is -0.368. The molecular weight excluding hydrogens is 385 g/mol. The molecule has 160 valence electrons. The normalized spacial score (nSPS) is 15.5. The maximum Gasteiger partial charge on any atom is 0.333 e. The molecule has 3 rings (SSSR count). The first-order chi connectivity index (χ1) is 14.6.